The van der Waals surface area contributed by atoms with Crippen molar-refractivity contribution in [1.29, 1.82) is 0 Å². The van der Waals surface area contributed by atoms with E-state index >= 15 is 0 Å². The van der Waals surface area contributed by atoms with Crippen molar-refractivity contribution in [2.45, 2.75) is 19.8 Å². The number of pyridine rings is 1. The maximum atomic E-state index is 10.7. The molecule has 0 aliphatic rings. The minimum Gasteiger partial charge on any atom is -0.300 e. The first-order valence-electron chi connectivity index (χ1n) is 4.57. The minimum atomic E-state index is 0.181. The van der Waals surface area contributed by atoms with Crippen molar-refractivity contribution in [3.63, 3.8) is 0 Å². The Balaban J connectivity index is 2.60. The normalized spacial score (nSPS) is 10.9. The van der Waals surface area contributed by atoms with E-state index in [1.807, 2.05) is 12.2 Å². The smallest absolute Gasteiger partial charge is 0.138 e. The predicted molar refractivity (Wildman–Crippen MR) is 63.2 cm³/mol. The van der Waals surface area contributed by atoms with E-state index in [-0.39, 0.29) is 5.78 Å². The van der Waals surface area contributed by atoms with Crippen LogP contribution in [0.5, 0.6) is 0 Å². The number of allylic oxidation sites excluding steroid dienone is 1. The first-order valence-corrected chi connectivity index (χ1v) is 5.33. The van der Waals surface area contributed by atoms with Gasteiger partial charge < -0.3 is 4.79 Å². The summed E-state index contributed by atoms with van der Waals surface area (Å²) in [5, 5.41) is 0.752. The Labute approximate surface area is 98.9 Å². The Morgan fingerprint density at radius 2 is 2.20 bits per heavy atom. The van der Waals surface area contributed by atoms with Crippen molar-refractivity contribution in [3.05, 3.63) is 34.1 Å². The summed E-state index contributed by atoms with van der Waals surface area (Å²) in [5.41, 5.74) is 0.810. The van der Waals surface area contributed by atoms with Crippen LogP contribution in [-0.4, -0.2) is 10.8 Å². The van der Waals surface area contributed by atoms with E-state index in [9.17, 15) is 4.79 Å². The molecule has 0 radical (unpaired) electrons. The number of carbonyl (C=O) groups excluding carboxylic acids is 1. The van der Waals surface area contributed by atoms with Gasteiger partial charge in [0.1, 0.15) is 16.1 Å². The molecule has 0 bridgehead atoms. The van der Waals surface area contributed by atoms with Crippen LogP contribution < -0.4 is 0 Å². The van der Waals surface area contributed by atoms with Gasteiger partial charge in [0.05, 0.1) is 0 Å². The van der Waals surface area contributed by atoms with E-state index in [0.29, 0.717) is 23.1 Å². The molecule has 1 heterocycles. The monoisotopic (exact) mass is 243 g/mol. The average molecular weight is 244 g/mol. The molecule has 0 aliphatic heterocycles. The summed E-state index contributed by atoms with van der Waals surface area (Å²) < 4.78 is 0. The number of halogens is 2. The Kier molecular flexibility index (Phi) is 4.79. The van der Waals surface area contributed by atoms with Crippen molar-refractivity contribution in [2.75, 3.05) is 0 Å². The molecule has 0 atom stereocenters. The van der Waals surface area contributed by atoms with Crippen molar-refractivity contribution in [2.24, 2.45) is 0 Å². The molecular formula is C11H11Cl2NO. The highest BCUT2D eigenvalue weighted by atomic mass is 35.5. The molecule has 0 unspecified atom stereocenters. The zero-order valence-corrected chi connectivity index (χ0v) is 9.85. The van der Waals surface area contributed by atoms with Crippen LogP contribution in [0.1, 0.15) is 25.3 Å². The fraction of sp³-hybridized carbons (Fsp3) is 0.273. The number of ketones is 1. The average Bonchev–Trinajstić information content (AvgIpc) is 2.14. The highest BCUT2D eigenvalue weighted by Crippen LogP contribution is 2.18. The Morgan fingerprint density at radius 1 is 1.47 bits per heavy atom. The lowest BCUT2D eigenvalue weighted by Gasteiger charge is -1.97. The lowest BCUT2D eigenvalue weighted by Crippen LogP contribution is -1.86. The molecule has 1 rings (SSSR count). The van der Waals surface area contributed by atoms with Crippen LogP contribution in [0.3, 0.4) is 0 Å². The molecule has 2 nitrogen and oxygen atoms in total. The number of hydrogen-bond acceptors (Lipinski definition) is 2. The molecule has 1 aromatic rings. The zero-order chi connectivity index (χ0) is 11.3. The van der Waals surface area contributed by atoms with Crippen LogP contribution in [0.15, 0.2) is 18.2 Å². The van der Waals surface area contributed by atoms with Crippen LogP contribution in [0.25, 0.3) is 6.08 Å². The van der Waals surface area contributed by atoms with Crippen LogP contribution in [0.4, 0.5) is 0 Å². The molecule has 1 aromatic heterocycles. The molecule has 0 N–H and O–H groups in total. The van der Waals surface area contributed by atoms with Gasteiger partial charge in [-0.2, -0.15) is 0 Å². The van der Waals surface area contributed by atoms with Gasteiger partial charge in [-0.05, 0) is 25.5 Å². The lowest BCUT2D eigenvalue weighted by molar-refractivity contribution is -0.116. The van der Waals surface area contributed by atoms with Crippen LogP contribution in [-0.2, 0) is 4.79 Å². The summed E-state index contributed by atoms with van der Waals surface area (Å²) in [6.07, 6.45) is 5.01. The van der Waals surface area contributed by atoms with Crippen LogP contribution >= 0.6 is 23.2 Å². The van der Waals surface area contributed by atoms with Crippen molar-refractivity contribution in [3.8, 4) is 0 Å². The van der Waals surface area contributed by atoms with Gasteiger partial charge in [-0.15, -0.1) is 0 Å². The topological polar surface area (TPSA) is 30.0 Å². The highest BCUT2D eigenvalue weighted by Gasteiger charge is 1.98. The summed E-state index contributed by atoms with van der Waals surface area (Å²) in [6, 6.07) is 3.47. The summed E-state index contributed by atoms with van der Waals surface area (Å²) in [6.45, 7) is 1.57. The van der Waals surface area contributed by atoms with Crippen molar-refractivity contribution in [1.82, 2.24) is 4.98 Å². The van der Waals surface area contributed by atoms with Crippen LogP contribution in [0, 0.1) is 0 Å². The SMILES string of the molecule is CC(=O)CC/C=C/c1ccc(Cl)nc1Cl. The molecule has 0 aliphatic carbocycles. The maximum Gasteiger partial charge on any atom is 0.138 e. The van der Waals surface area contributed by atoms with E-state index in [4.69, 9.17) is 23.2 Å². The number of carbonyl (C=O) groups is 1. The summed E-state index contributed by atoms with van der Waals surface area (Å²) in [4.78, 5) is 14.6. The molecule has 4 heteroatoms. The predicted octanol–water partition coefficient (Wildman–Crippen LogP) is 3.77. The lowest BCUT2D eigenvalue weighted by atomic mass is 10.2. The van der Waals surface area contributed by atoms with E-state index in [1.54, 1.807) is 19.1 Å². The van der Waals surface area contributed by atoms with E-state index in [2.05, 4.69) is 4.98 Å². The molecule has 80 valence electrons. The largest absolute Gasteiger partial charge is 0.300 e. The third kappa shape index (κ3) is 4.45. The minimum absolute atomic E-state index is 0.181. The molecule has 0 saturated heterocycles. The molecular weight excluding hydrogens is 233 g/mol. The van der Waals surface area contributed by atoms with E-state index < -0.39 is 0 Å². The fourth-order valence-electron chi connectivity index (χ4n) is 1.04. The van der Waals surface area contributed by atoms with Gasteiger partial charge in [0, 0.05) is 12.0 Å². The number of aromatic nitrogens is 1. The molecule has 0 aromatic carbocycles. The standard InChI is InChI=1S/C11H11Cl2NO/c1-8(15)4-2-3-5-9-6-7-10(12)14-11(9)13/h3,5-7H,2,4H2,1H3/b5-3+. The van der Waals surface area contributed by atoms with Crippen molar-refractivity contribution < 1.29 is 4.79 Å². The summed E-state index contributed by atoms with van der Waals surface area (Å²) in [7, 11) is 0. The number of Topliss-reactive ketones (excluding diaryl/α,β-unsaturated/α-hetero) is 1. The van der Waals surface area contributed by atoms with E-state index in [0.717, 1.165) is 5.56 Å². The summed E-state index contributed by atoms with van der Waals surface area (Å²) in [5.74, 6) is 0.181. The Morgan fingerprint density at radius 3 is 2.80 bits per heavy atom. The molecule has 0 amide bonds. The van der Waals surface area contributed by atoms with Crippen LogP contribution in [0.2, 0.25) is 10.3 Å². The first kappa shape index (κ1) is 12.2. The highest BCUT2D eigenvalue weighted by molar-refractivity contribution is 6.33. The van der Waals surface area contributed by atoms with E-state index in [1.165, 1.54) is 0 Å². The maximum absolute atomic E-state index is 10.7. The Bertz CT molecular complexity index is 388. The van der Waals surface area contributed by atoms with Crippen molar-refractivity contribution >= 4 is 35.1 Å². The molecule has 15 heavy (non-hydrogen) atoms. The molecule has 0 fully saturated rings. The van der Waals surface area contributed by atoms with Gasteiger partial charge in [-0.1, -0.05) is 35.4 Å². The van der Waals surface area contributed by atoms with Gasteiger partial charge >= 0.3 is 0 Å². The third-order valence-corrected chi connectivity index (χ3v) is 2.32. The fourth-order valence-corrected chi connectivity index (χ4v) is 1.45. The molecule has 0 spiro atoms. The quantitative estimate of drug-likeness (QED) is 0.754. The first-order chi connectivity index (χ1) is 7.09. The molecule has 0 saturated carbocycles. The van der Waals surface area contributed by atoms with Gasteiger partial charge in [0.15, 0.2) is 0 Å². The van der Waals surface area contributed by atoms with Gasteiger partial charge in [-0.3, -0.25) is 0 Å². The second-order valence-corrected chi connectivity index (χ2v) is 3.90. The third-order valence-electron chi connectivity index (χ3n) is 1.80. The second-order valence-electron chi connectivity index (χ2n) is 3.16. The zero-order valence-electron chi connectivity index (χ0n) is 8.34. The number of hydrogen-bond donors (Lipinski definition) is 0. The number of rotatable bonds is 4. The number of nitrogens with zero attached hydrogens (tertiary/aromatic N) is 1. The Hall–Kier alpha value is -0.860. The van der Waals surface area contributed by atoms with Gasteiger partial charge in [0.2, 0.25) is 0 Å². The van der Waals surface area contributed by atoms with Gasteiger partial charge in [-0.25, -0.2) is 4.98 Å². The summed E-state index contributed by atoms with van der Waals surface area (Å²) >= 11 is 11.5. The second kappa shape index (κ2) is 5.89. The van der Waals surface area contributed by atoms with Gasteiger partial charge in [0.25, 0.3) is 0 Å².